The molecule has 0 radical (unpaired) electrons. The number of benzene rings is 2. The van der Waals surface area contributed by atoms with Gasteiger partial charge in [-0.15, -0.1) is 0 Å². The van der Waals surface area contributed by atoms with E-state index >= 15 is 0 Å². The highest BCUT2D eigenvalue weighted by Crippen LogP contribution is 2.38. The van der Waals surface area contributed by atoms with Crippen molar-refractivity contribution in [1.82, 2.24) is 0 Å². The molecule has 4 heteroatoms. The lowest BCUT2D eigenvalue weighted by Gasteiger charge is -2.10. The van der Waals surface area contributed by atoms with Crippen LogP contribution in [-0.2, 0) is 4.57 Å². The zero-order valence-corrected chi connectivity index (χ0v) is 16.2. The molecule has 3 nitrogen and oxygen atoms in total. The summed E-state index contributed by atoms with van der Waals surface area (Å²) in [6, 6.07) is 11.9. The van der Waals surface area contributed by atoms with Crippen LogP contribution in [0, 0.1) is 13.8 Å². The van der Waals surface area contributed by atoms with Gasteiger partial charge in [-0.3, -0.25) is 0 Å². The summed E-state index contributed by atoms with van der Waals surface area (Å²) in [7, 11) is -2.29. The van der Waals surface area contributed by atoms with Gasteiger partial charge in [0.25, 0.3) is 0 Å². The van der Waals surface area contributed by atoms with Crippen molar-refractivity contribution in [1.29, 1.82) is 0 Å². The Balaban J connectivity index is 2.24. The van der Waals surface area contributed by atoms with E-state index in [-0.39, 0.29) is 11.8 Å². The van der Waals surface area contributed by atoms with Crippen LogP contribution in [0.1, 0.15) is 61.8 Å². The van der Waals surface area contributed by atoms with Gasteiger partial charge in [0.1, 0.15) is 0 Å². The highest BCUT2D eigenvalue weighted by atomic mass is 31.1. The molecule has 0 aliphatic rings. The predicted molar refractivity (Wildman–Crippen MR) is 99.4 cm³/mol. The molecule has 0 unspecified atom stereocenters. The van der Waals surface area contributed by atoms with E-state index in [9.17, 15) is 4.57 Å². The number of hydrogen-bond acceptors (Lipinski definition) is 3. The van der Waals surface area contributed by atoms with Crippen molar-refractivity contribution in [3.63, 3.8) is 0 Å². The van der Waals surface area contributed by atoms with Crippen molar-refractivity contribution >= 4 is 8.25 Å². The summed E-state index contributed by atoms with van der Waals surface area (Å²) in [5.41, 5.74) is 4.19. The van der Waals surface area contributed by atoms with Gasteiger partial charge in [0.2, 0.25) is 0 Å². The van der Waals surface area contributed by atoms with Crippen molar-refractivity contribution in [3.05, 3.63) is 58.7 Å². The minimum atomic E-state index is -2.29. The summed E-state index contributed by atoms with van der Waals surface area (Å²) in [4.78, 5) is 0. The Bertz CT molecular complexity index is 674. The summed E-state index contributed by atoms with van der Waals surface area (Å²) in [6.45, 7) is 12.3. The van der Waals surface area contributed by atoms with Gasteiger partial charge in [-0.1, -0.05) is 52.0 Å². The summed E-state index contributed by atoms with van der Waals surface area (Å²) in [5, 5.41) is 0. The molecule has 0 aliphatic heterocycles. The second-order valence-electron chi connectivity index (χ2n) is 6.80. The fraction of sp³-hybridized carbons (Fsp3) is 0.400. The lowest BCUT2D eigenvalue weighted by atomic mass is 10.0. The van der Waals surface area contributed by atoms with Gasteiger partial charge in [0.15, 0.2) is 11.5 Å². The molecule has 2 aromatic carbocycles. The average molecular weight is 345 g/mol. The van der Waals surface area contributed by atoms with Crippen LogP contribution >= 0.6 is 8.25 Å². The summed E-state index contributed by atoms with van der Waals surface area (Å²) in [5.74, 6) is 1.83. The maximum absolute atomic E-state index is 12.5. The van der Waals surface area contributed by atoms with E-state index in [0.29, 0.717) is 11.5 Å². The zero-order chi connectivity index (χ0) is 17.9. The van der Waals surface area contributed by atoms with Gasteiger partial charge < -0.3 is 0 Å². The molecule has 2 aromatic rings. The molecular weight excluding hydrogens is 319 g/mol. The van der Waals surface area contributed by atoms with Gasteiger partial charge in [-0.05, 0) is 48.9 Å². The lowest BCUT2D eigenvalue weighted by molar-refractivity contribution is 0.410. The molecule has 128 valence electrons. The summed E-state index contributed by atoms with van der Waals surface area (Å²) in [6.07, 6.45) is 0. The maximum atomic E-state index is 12.5. The topological polar surface area (TPSA) is 35.5 Å². The molecule has 0 spiro atoms. The zero-order valence-electron chi connectivity index (χ0n) is 15.3. The van der Waals surface area contributed by atoms with Crippen molar-refractivity contribution in [3.8, 4) is 11.5 Å². The van der Waals surface area contributed by atoms with Crippen LogP contribution < -0.4 is 9.05 Å². The lowest BCUT2D eigenvalue weighted by Crippen LogP contribution is -1.98. The minimum absolute atomic E-state index is 0.286. The van der Waals surface area contributed by atoms with Crippen LogP contribution in [0.5, 0.6) is 11.5 Å². The smallest absolute Gasteiger partial charge is 0.222 e. The van der Waals surface area contributed by atoms with Crippen LogP contribution in [0.3, 0.4) is 0 Å². The van der Waals surface area contributed by atoms with Gasteiger partial charge in [-0.25, -0.2) is 9.05 Å². The number of rotatable bonds is 6. The van der Waals surface area contributed by atoms with Gasteiger partial charge in [0, 0.05) is 15.7 Å². The van der Waals surface area contributed by atoms with E-state index in [1.54, 1.807) is 0 Å². The summed E-state index contributed by atoms with van der Waals surface area (Å²) < 4.78 is 23.8. The van der Waals surface area contributed by atoms with E-state index < -0.39 is 8.25 Å². The molecule has 0 N–H and O–H groups in total. The Morgan fingerprint density at radius 1 is 0.750 bits per heavy atom. The molecule has 0 heterocycles. The minimum Gasteiger partial charge on any atom is -0.222 e. The number of aryl methyl sites for hydroxylation is 2. The Hall–Kier alpha value is -1.86. The molecule has 2 rings (SSSR count). The molecule has 0 aromatic heterocycles. The first-order valence-corrected chi connectivity index (χ1v) is 9.41. The van der Waals surface area contributed by atoms with Crippen LogP contribution in [0.4, 0.5) is 0 Å². The molecule has 0 amide bonds. The maximum Gasteiger partial charge on any atom is 0.805 e. The van der Waals surface area contributed by atoms with Crippen molar-refractivity contribution < 1.29 is 13.6 Å². The van der Waals surface area contributed by atoms with E-state index in [1.807, 2.05) is 50.2 Å². The first-order valence-electron chi connectivity index (χ1n) is 8.32. The van der Waals surface area contributed by atoms with Crippen molar-refractivity contribution in [2.24, 2.45) is 0 Å². The molecule has 0 saturated heterocycles. The third-order valence-electron chi connectivity index (χ3n) is 3.93. The third kappa shape index (κ3) is 4.58. The van der Waals surface area contributed by atoms with Crippen molar-refractivity contribution in [2.75, 3.05) is 0 Å². The Morgan fingerprint density at radius 2 is 1.12 bits per heavy atom. The first kappa shape index (κ1) is 18.5. The Morgan fingerprint density at radius 3 is 1.46 bits per heavy atom. The normalized spacial score (nSPS) is 11.0. The SMILES string of the molecule is Cc1ccc(C(C)C)c(O[P+](=O)Oc2cc(C)ccc2C(C)C)c1. The van der Waals surface area contributed by atoms with Gasteiger partial charge >= 0.3 is 8.25 Å². The van der Waals surface area contributed by atoms with E-state index in [4.69, 9.17) is 9.05 Å². The molecule has 0 aliphatic carbocycles. The fourth-order valence-corrected chi connectivity index (χ4v) is 3.25. The largest absolute Gasteiger partial charge is 0.805 e. The third-order valence-corrected chi connectivity index (χ3v) is 4.62. The van der Waals surface area contributed by atoms with E-state index in [2.05, 4.69) is 27.7 Å². The molecule has 0 fully saturated rings. The average Bonchev–Trinajstić information content (AvgIpc) is 2.46. The second kappa shape index (κ2) is 7.81. The predicted octanol–water partition coefficient (Wildman–Crippen LogP) is 6.67. The van der Waals surface area contributed by atoms with Crippen LogP contribution in [-0.4, -0.2) is 0 Å². The summed E-state index contributed by atoms with van der Waals surface area (Å²) >= 11 is 0. The van der Waals surface area contributed by atoms with E-state index in [1.165, 1.54) is 0 Å². The van der Waals surface area contributed by atoms with Crippen molar-refractivity contribution in [2.45, 2.75) is 53.4 Å². The quantitative estimate of drug-likeness (QED) is 0.549. The second-order valence-corrected chi connectivity index (χ2v) is 7.61. The molecular formula is C20H26O3P+. The van der Waals surface area contributed by atoms with Gasteiger partial charge in [-0.2, -0.15) is 0 Å². The standard InChI is InChI=1S/C20H26O3P/c1-13(2)17-9-7-15(5)11-19(17)22-24(21)23-20-12-16(6)8-10-18(20)14(3)4/h7-14H,1-6H3/q+1. The first-order chi connectivity index (χ1) is 11.3. The Kier molecular flexibility index (Phi) is 6.01. The highest BCUT2D eigenvalue weighted by molar-refractivity contribution is 7.34. The number of hydrogen-bond donors (Lipinski definition) is 0. The Labute approximate surface area is 146 Å². The van der Waals surface area contributed by atoms with Crippen LogP contribution in [0.15, 0.2) is 36.4 Å². The van der Waals surface area contributed by atoms with Crippen LogP contribution in [0.2, 0.25) is 0 Å². The monoisotopic (exact) mass is 345 g/mol. The molecule has 24 heavy (non-hydrogen) atoms. The highest BCUT2D eigenvalue weighted by Gasteiger charge is 2.28. The molecule has 0 bridgehead atoms. The molecule has 0 saturated carbocycles. The van der Waals surface area contributed by atoms with E-state index in [0.717, 1.165) is 22.3 Å². The van der Waals surface area contributed by atoms with Gasteiger partial charge in [0.05, 0.1) is 0 Å². The van der Waals surface area contributed by atoms with Crippen LogP contribution in [0.25, 0.3) is 0 Å². The molecule has 0 atom stereocenters. The fourth-order valence-electron chi connectivity index (χ4n) is 2.57.